The molecular weight excluding hydrogens is 330 g/mol. The number of aryl methyl sites for hydroxylation is 1. The summed E-state index contributed by atoms with van der Waals surface area (Å²) in [6, 6.07) is 14.8. The van der Waals surface area contributed by atoms with E-state index in [1.807, 2.05) is 25.1 Å². The molecule has 2 heterocycles. The van der Waals surface area contributed by atoms with E-state index in [4.69, 9.17) is 0 Å². The summed E-state index contributed by atoms with van der Waals surface area (Å²) in [5.74, 6) is -0.155. The van der Waals surface area contributed by atoms with Crippen LogP contribution in [0.1, 0.15) is 21.6 Å². The maximum absolute atomic E-state index is 12.1. The normalized spacial score (nSPS) is 10.3. The highest BCUT2D eigenvalue weighted by molar-refractivity contribution is 5.98. The number of hydrogen-bond acceptors (Lipinski definition) is 4. The van der Waals surface area contributed by atoms with Crippen LogP contribution in [0.15, 0.2) is 60.9 Å². The van der Waals surface area contributed by atoms with E-state index in [1.54, 1.807) is 35.1 Å². The van der Waals surface area contributed by atoms with E-state index in [2.05, 4.69) is 26.8 Å². The average molecular weight is 349 g/mol. The van der Waals surface area contributed by atoms with E-state index in [-0.39, 0.29) is 18.1 Å². The molecule has 0 unspecified atom stereocenters. The molecule has 0 atom stereocenters. The molecule has 0 aliphatic heterocycles. The molecule has 132 valence electrons. The van der Waals surface area contributed by atoms with E-state index < -0.39 is 5.91 Å². The summed E-state index contributed by atoms with van der Waals surface area (Å²) in [5.41, 5.74) is 2.52. The molecule has 2 amide bonds. The monoisotopic (exact) mass is 349 g/mol. The lowest BCUT2D eigenvalue weighted by Gasteiger charge is -2.10. The minimum atomic E-state index is -0.394. The lowest BCUT2D eigenvalue weighted by Crippen LogP contribution is -2.33. The summed E-state index contributed by atoms with van der Waals surface area (Å²) in [6.07, 6.45) is 3.15. The Hall–Kier alpha value is -3.48. The molecular formula is C19H19N5O2. The third-order valence-electron chi connectivity index (χ3n) is 3.71. The van der Waals surface area contributed by atoms with Crippen molar-refractivity contribution < 1.29 is 9.59 Å². The molecule has 2 N–H and O–H groups in total. The largest absolute Gasteiger partial charge is 0.342 e. The van der Waals surface area contributed by atoms with Crippen LogP contribution in [0.25, 0.3) is 0 Å². The summed E-state index contributed by atoms with van der Waals surface area (Å²) in [7, 11) is 0. The van der Waals surface area contributed by atoms with E-state index in [1.165, 1.54) is 6.20 Å². The first-order valence-corrected chi connectivity index (χ1v) is 8.18. The van der Waals surface area contributed by atoms with Gasteiger partial charge >= 0.3 is 0 Å². The molecule has 2 aromatic heterocycles. The van der Waals surface area contributed by atoms with Gasteiger partial charge in [-0.2, -0.15) is 5.10 Å². The molecule has 1 aromatic carbocycles. The maximum Gasteiger partial charge on any atom is 0.270 e. The topological polar surface area (TPSA) is 88.9 Å². The van der Waals surface area contributed by atoms with Crippen LogP contribution in [0.4, 0.5) is 5.82 Å². The van der Waals surface area contributed by atoms with Crippen molar-refractivity contribution in [3.05, 3.63) is 77.7 Å². The van der Waals surface area contributed by atoms with Crippen molar-refractivity contribution >= 4 is 17.6 Å². The lowest BCUT2D eigenvalue weighted by molar-refractivity contribution is -0.115. The first-order valence-electron chi connectivity index (χ1n) is 8.18. The van der Waals surface area contributed by atoms with E-state index in [9.17, 15) is 9.59 Å². The first-order chi connectivity index (χ1) is 12.6. The molecule has 26 heavy (non-hydrogen) atoms. The number of carbonyl (C=O) groups excluding carboxylic acids is 2. The molecule has 0 bridgehead atoms. The van der Waals surface area contributed by atoms with Crippen LogP contribution in [0.2, 0.25) is 0 Å². The van der Waals surface area contributed by atoms with Crippen LogP contribution in [-0.2, 0) is 11.3 Å². The fourth-order valence-electron chi connectivity index (χ4n) is 2.48. The Kier molecular flexibility index (Phi) is 5.38. The predicted molar refractivity (Wildman–Crippen MR) is 97.7 cm³/mol. The number of rotatable bonds is 6. The molecule has 0 aliphatic rings. The lowest BCUT2D eigenvalue weighted by atomic mass is 10.1. The number of nitrogens with zero attached hydrogens (tertiary/aromatic N) is 3. The summed E-state index contributed by atoms with van der Waals surface area (Å²) in [6.45, 7) is 2.43. The van der Waals surface area contributed by atoms with Gasteiger partial charge in [0.2, 0.25) is 5.91 Å². The summed E-state index contributed by atoms with van der Waals surface area (Å²) < 4.78 is 1.70. The van der Waals surface area contributed by atoms with Crippen LogP contribution in [-0.4, -0.2) is 33.1 Å². The summed E-state index contributed by atoms with van der Waals surface area (Å²) >= 11 is 0. The van der Waals surface area contributed by atoms with Crippen molar-refractivity contribution in [2.45, 2.75) is 13.5 Å². The van der Waals surface area contributed by atoms with Crippen molar-refractivity contribution in [2.75, 3.05) is 11.9 Å². The minimum absolute atomic E-state index is 0.148. The number of hydrogen-bond donors (Lipinski definition) is 2. The molecule has 0 saturated heterocycles. The molecule has 0 saturated carbocycles. The van der Waals surface area contributed by atoms with Crippen LogP contribution in [0.5, 0.6) is 0 Å². The Labute approximate surface area is 151 Å². The van der Waals surface area contributed by atoms with Crippen molar-refractivity contribution in [1.29, 1.82) is 0 Å². The average Bonchev–Trinajstić information content (AvgIpc) is 3.07. The highest BCUT2D eigenvalue weighted by Gasteiger charge is 2.11. The van der Waals surface area contributed by atoms with Gasteiger partial charge in [0.05, 0.1) is 19.3 Å². The van der Waals surface area contributed by atoms with Gasteiger partial charge in [-0.15, -0.1) is 0 Å². The number of aromatic nitrogens is 3. The number of pyridine rings is 1. The number of nitrogens with one attached hydrogen (secondary N) is 2. The van der Waals surface area contributed by atoms with Gasteiger partial charge in [-0.25, -0.2) is 4.68 Å². The Morgan fingerprint density at radius 3 is 2.73 bits per heavy atom. The SMILES string of the molecule is Cc1cccc(Cn2nccc2NC(=O)CNC(=O)c2ccccn2)c1. The second-order valence-corrected chi connectivity index (χ2v) is 5.81. The number of benzene rings is 1. The van der Waals surface area contributed by atoms with Crippen LogP contribution in [0, 0.1) is 6.92 Å². The van der Waals surface area contributed by atoms with Crippen LogP contribution >= 0.6 is 0 Å². The summed E-state index contributed by atoms with van der Waals surface area (Å²) in [4.78, 5) is 28.0. The zero-order valence-corrected chi connectivity index (χ0v) is 14.3. The van der Waals surface area contributed by atoms with Crippen LogP contribution in [0.3, 0.4) is 0 Å². The molecule has 0 radical (unpaired) electrons. The standard InChI is InChI=1S/C19H19N5O2/c1-14-5-4-6-15(11-14)13-24-17(8-10-22-24)23-18(25)12-21-19(26)16-7-2-3-9-20-16/h2-11H,12-13H2,1H3,(H,21,26)(H,23,25). The molecule has 3 rings (SSSR count). The Balaban J connectivity index is 1.57. The summed E-state index contributed by atoms with van der Waals surface area (Å²) in [5, 5.41) is 9.54. The van der Waals surface area contributed by atoms with Crippen molar-refractivity contribution in [3.63, 3.8) is 0 Å². The first kappa shape index (κ1) is 17.3. The van der Waals surface area contributed by atoms with Gasteiger partial charge in [0, 0.05) is 12.3 Å². The van der Waals surface area contributed by atoms with Gasteiger partial charge in [-0.3, -0.25) is 14.6 Å². The van der Waals surface area contributed by atoms with Crippen molar-refractivity contribution in [3.8, 4) is 0 Å². The highest BCUT2D eigenvalue weighted by atomic mass is 16.2. The van der Waals surface area contributed by atoms with E-state index in [0.29, 0.717) is 12.4 Å². The maximum atomic E-state index is 12.1. The molecule has 0 spiro atoms. The number of amides is 2. The quantitative estimate of drug-likeness (QED) is 0.712. The second-order valence-electron chi connectivity index (χ2n) is 5.81. The number of anilines is 1. The molecule has 7 nitrogen and oxygen atoms in total. The zero-order chi connectivity index (χ0) is 18.4. The zero-order valence-electron chi connectivity index (χ0n) is 14.3. The highest BCUT2D eigenvalue weighted by Crippen LogP contribution is 2.11. The minimum Gasteiger partial charge on any atom is -0.342 e. The molecule has 7 heteroatoms. The third-order valence-corrected chi connectivity index (χ3v) is 3.71. The van der Waals surface area contributed by atoms with Gasteiger partial charge < -0.3 is 10.6 Å². The molecule has 0 aliphatic carbocycles. The van der Waals surface area contributed by atoms with Gasteiger partial charge in [0.1, 0.15) is 11.5 Å². The molecule has 0 fully saturated rings. The molecule has 3 aromatic rings. The Morgan fingerprint density at radius 2 is 1.96 bits per heavy atom. The van der Waals surface area contributed by atoms with Crippen molar-refractivity contribution in [2.24, 2.45) is 0 Å². The second kappa shape index (κ2) is 8.06. The predicted octanol–water partition coefficient (Wildman–Crippen LogP) is 2.00. The van der Waals surface area contributed by atoms with E-state index >= 15 is 0 Å². The smallest absolute Gasteiger partial charge is 0.270 e. The van der Waals surface area contributed by atoms with Gasteiger partial charge in [-0.1, -0.05) is 35.9 Å². The fourth-order valence-corrected chi connectivity index (χ4v) is 2.48. The Morgan fingerprint density at radius 1 is 1.08 bits per heavy atom. The Bertz CT molecular complexity index is 905. The van der Waals surface area contributed by atoms with Gasteiger partial charge in [0.25, 0.3) is 5.91 Å². The van der Waals surface area contributed by atoms with Crippen molar-refractivity contribution in [1.82, 2.24) is 20.1 Å². The van der Waals surface area contributed by atoms with E-state index in [0.717, 1.165) is 11.1 Å². The third kappa shape index (κ3) is 4.54. The number of carbonyl (C=O) groups is 2. The van der Waals surface area contributed by atoms with Crippen LogP contribution < -0.4 is 10.6 Å². The van der Waals surface area contributed by atoms with Gasteiger partial charge in [-0.05, 0) is 24.6 Å². The van der Waals surface area contributed by atoms with Gasteiger partial charge in [0.15, 0.2) is 0 Å². The fraction of sp³-hybridized carbons (Fsp3) is 0.158.